The summed E-state index contributed by atoms with van der Waals surface area (Å²) in [5, 5.41) is 4.01. The molecule has 0 aliphatic rings. The second-order valence-electron chi connectivity index (χ2n) is 3.76. The molecule has 0 amide bonds. The minimum Gasteiger partial charge on any atom is -0.465 e. The highest BCUT2D eigenvalue weighted by molar-refractivity contribution is 5.93. The van der Waals surface area contributed by atoms with Crippen molar-refractivity contribution in [3.8, 4) is 5.82 Å². The SMILES string of the molecule is CCOC(=O)c1cnn(-c2ncccc2C(=O)OC)c1. The van der Waals surface area contributed by atoms with E-state index in [1.165, 1.54) is 30.4 Å². The maximum absolute atomic E-state index is 11.7. The molecule has 2 aromatic heterocycles. The molecule has 0 bridgehead atoms. The first-order valence-corrected chi connectivity index (χ1v) is 5.93. The van der Waals surface area contributed by atoms with Crippen molar-refractivity contribution < 1.29 is 19.1 Å². The Morgan fingerprint density at radius 1 is 1.35 bits per heavy atom. The van der Waals surface area contributed by atoms with Crippen LogP contribution in [0.25, 0.3) is 5.82 Å². The topological polar surface area (TPSA) is 83.3 Å². The first kappa shape index (κ1) is 13.7. The summed E-state index contributed by atoms with van der Waals surface area (Å²) in [5.74, 6) is -0.717. The zero-order valence-electron chi connectivity index (χ0n) is 11.1. The van der Waals surface area contributed by atoms with Gasteiger partial charge in [-0.1, -0.05) is 0 Å². The maximum atomic E-state index is 11.7. The zero-order chi connectivity index (χ0) is 14.5. The van der Waals surface area contributed by atoms with Crippen LogP contribution >= 0.6 is 0 Å². The number of rotatable bonds is 4. The maximum Gasteiger partial charge on any atom is 0.341 e. The third-order valence-electron chi connectivity index (χ3n) is 2.50. The van der Waals surface area contributed by atoms with Crippen molar-refractivity contribution in [2.75, 3.05) is 13.7 Å². The van der Waals surface area contributed by atoms with Gasteiger partial charge in [-0.05, 0) is 19.1 Å². The van der Waals surface area contributed by atoms with Crippen molar-refractivity contribution in [2.24, 2.45) is 0 Å². The summed E-state index contributed by atoms with van der Waals surface area (Å²) in [7, 11) is 1.28. The first-order chi connectivity index (χ1) is 9.67. The number of nitrogens with zero attached hydrogens (tertiary/aromatic N) is 3. The van der Waals surface area contributed by atoms with E-state index in [0.29, 0.717) is 0 Å². The standard InChI is InChI=1S/C13H13N3O4/c1-3-20-12(17)9-7-15-16(8-9)11-10(13(18)19-2)5-4-6-14-11/h4-8H,3H2,1-2H3. The van der Waals surface area contributed by atoms with Crippen molar-refractivity contribution in [1.82, 2.24) is 14.8 Å². The number of esters is 2. The summed E-state index contributed by atoms with van der Waals surface area (Å²) in [6, 6.07) is 3.19. The van der Waals surface area contributed by atoms with Gasteiger partial charge in [-0.25, -0.2) is 19.3 Å². The summed E-state index contributed by atoms with van der Waals surface area (Å²) in [6.45, 7) is 2.00. The summed E-state index contributed by atoms with van der Waals surface area (Å²) < 4.78 is 10.9. The van der Waals surface area contributed by atoms with E-state index in [9.17, 15) is 9.59 Å². The van der Waals surface area contributed by atoms with E-state index >= 15 is 0 Å². The molecule has 2 heterocycles. The van der Waals surface area contributed by atoms with Gasteiger partial charge >= 0.3 is 11.9 Å². The van der Waals surface area contributed by atoms with Gasteiger partial charge < -0.3 is 9.47 Å². The highest BCUT2D eigenvalue weighted by atomic mass is 16.5. The molecule has 104 valence electrons. The number of carbonyl (C=O) groups is 2. The Balaban J connectivity index is 2.38. The van der Waals surface area contributed by atoms with Gasteiger partial charge in [0.1, 0.15) is 5.56 Å². The Kier molecular flexibility index (Phi) is 4.09. The van der Waals surface area contributed by atoms with Crippen LogP contribution in [0.5, 0.6) is 0 Å². The molecule has 20 heavy (non-hydrogen) atoms. The van der Waals surface area contributed by atoms with Crippen LogP contribution in [0.1, 0.15) is 27.6 Å². The fourth-order valence-corrected chi connectivity index (χ4v) is 1.61. The van der Waals surface area contributed by atoms with Crippen LogP contribution in [0, 0.1) is 0 Å². The first-order valence-electron chi connectivity index (χ1n) is 5.93. The lowest BCUT2D eigenvalue weighted by Crippen LogP contribution is -2.10. The third-order valence-corrected chi connectivity index (χ3v) is 2.50. The zero-order valence-corrected chi connectivity index (χ0v) is 11.1. The molecule has 0 fully saturated rings. The molecule has 2 rings (SSSR count). The smallest absolute Gasteiger partial charge is 0.341 e. The van der Waals surface area contributed by atoms with E-state index < -0.39 is 11.9 Å². The van der Waals surface area contributed by atoms with Crippen LogP contribution in [-0.4, -0.2) is 40.4 Å². The molecule has 0 aliphatic heterocycles. The number of hydrogen-bond acceptors (Lipinski definition) is 6. The second-order valence-corrected chi connectivity index (χ2v) is 3.76. The molecule has 7 nitrogen and oxygen atoms in total. The lowest BCUT2D eigenvalue weighted by atomic mass is 10.2. The molecule has 0 saturated carbocycles. The minimum absolute atomic E-state index is 0.258. The fraction of sp³-hybridized carbons (Fsp3) is 0.231. The summed E-state index contributed by atoms with van der Waals surface area (Å²) >= 11 is 0. The van der Waals surface area contributed by atoms with E-state index in [1.54, 1.807) is 19.1 Å². The molecule has 0 unspecified atom stereocenters. The summed E-state index contributed by atoms with van der Waals surface area (Å²) in [4.78, 5) is 27.3. The normalized spacial score (nSPS) is 10.1. The van der Waals surface area contributed by atoms with Gasteiger partial charge in [-0.3, -0.25) is 0 Å². The molecule has 0 atom stereocenters. The van der Waals surface area contributed by atoms with E-state index in [0.717, 1.165) is 0 Å². The number of hydrogen-bond donors (Lipinski definition) is 0. The fourth-order valence-electron chi connectivity index (χ4n) is 1.61. The molecule has 0 saturated heterocycles. The summed E-state index contributed by atoms with van der Waals surface area (Å²) in [5.41, 5.74) is 0.543. The predicted octanol–water partition coefficient (Wildman–Crippen LogP) is 1.23. The van der Waals surface area contributed by atoms with Crippen LogP contribution in [0.2, 0.25) is 0 Å². The number of pyridine rings is 1. The van der Waals surface area contributed by atoms with Crippen molar-refractivity contribution in [2.45, 2.75) is 6.92 Å². The number of ether oxygens (including phenoxy) is 2. The van der Waals surface area contributed by atoms with E-state index in [2.05, 4.69) is 14.8 Å². The summed E-state index contributed by atoms with van der Waals surface area (Å²) in [6.07, 6.45) is 4.33. The Labute approximate surface area is 115 Å². The monoisotopic (exact) mass is 275 g/mol. The number of carbonyl (C=O) groups excluding carboxylic acids is 2. The molecule has 0 aromatic carbocycles. The van der Waals surface area contributed by atoms with Crippen molar-refractivity contribution in [1.29, 1.82) is 0 Å². The van der Waals surface area contributed by atoms with Gasteiger partial charge in [-0.2, -0.15) is 5.10 Å². The van der Waals surface area contributed by atoms with Gasteiger partial charge in [0.25, 0.3) is 0 Å². The van der Waals surface area contributed by atoms with Crippen molar-refractivity contribution in [3.63, 3.8) is 0 Å². The van der Waals surface area contributed by atoms with Crippen LogP contribution < -0.4 is 0 Å². The Hall–Kier alpha value is -2.70. The average Bonchev–Trinajstić information content (AvgIpc) is 2.96. The molecule has 0 N–H and O–H groups in total. The molecular weight excluding hydrogens is 262 g/mol. The van der Waals surface area contributed by atoms with E-state index in [4.69, 9.17) is 4.74 Å². The van der Waals surface area contributed by atoms with Gasteiger partial charge in [0.2, 0.25) is 0 Å². The number of methoxy groups -OCH3 is 1. The Bertz CT molecular complexity index is 636. The Morgan fingerprint density at radius 3 is 2.85 bits per heavy atom. The quantitative estimate of drug-likeness (QED) is 0.780. The second kappa shape index (κ2) is 5.96. The van der Waals surface area contributed by atoms with Crippen LogP contribution in [-0.2, 0) is 9.47 Å². The van der Waals surface area contributed by atoms with Crippen LogP contribution in [0.3, 0.4) is 0 Å². The molecule has 0 radical (unpaired) electrons. The molecule has 0 spiro atoms. The highest BCUT2D eigenvalue weighted by Gasteiger charge is 2.16. The number of aromatic nitrogens is 3. The Morgan fingerprint density at radius 2 is 2.15 bits per heavy atom. The largest absolute Gasteiger partial charge is 0.465 e. The average molecular weight is 275 g/mol. The van der Waals surface area contributed by atoms with Crippen molar-refractivity contribution in [3.05, 3.63) is 41.9 Å². The molecular formula is C13H13N3O4. The van der Waals surface area contributed by atoms with Gasteiger partial charge in [-0.15, -0.1) is 0 Å². The van der Waals surface area contributed by atoms with Gasteiger partial charge in [0, 0.05) is 12.4 Å². The lowest BCUT2D eigenvalue weighted by molar-refractivity contribution is 0.0525. The van der Waals surface area contributed by atoms with E-state index in [1.807, 2.05) is 0 Å². The lowest BCUT2D eigenvalue weighted by Gasteiger charge is -2.05. The third kappa shape index (κ3) is 2.66. The van der Waals surface area contributed by atoms with Gasteiger partial charge in [0.05, 0.1) is 25.5 Å². The minimum atomic E-state index is -0.527. The van der Waals surface area contributed by atoms with Crippen molar-refractivity contribution >= 4 is 11.9 Å². The van der Waals surface area contributed by atoms with Crippen LogP contribution in [0.15, 0.2) is 30.7 Å². The predicted molar refractivity (Wildman–Crippen MR) is 68.7 cm³/mol. The molecule has 7 heteroatoms. The van der Waals surface area contributed by atoms with E-state index in [-0.39, 0.29) is 23.6 Å². The molecule has 2 aromatic rings. The highest BCUT2D eigenvalue weighted by Crippen LogP contribution is 2.13. The van der Waals surface area contributed by atoms with Gasteiger partial charge in [0.15, 0.2) is 5.82 Å². The molecule has 0 aliphatic carbocycles. The van der Waals surface area contributed by atoms with Crippen LogP contribution in [0.4, 0.5) is 0 Å².